The zero-order chi connectivity index (χ0) is 17.5. The topological polar surface area (TPSA) is 65.0 Å². The van der Waals surface area contributed by atoms with Crippen molar-refractivity contribution in [2.75, 3.05) is 57.9 Å². The Hall–Kier alpha value is -1.63. The highest BCUT2D eigenvalue weighted by atomic mass is 16.5. The van der Waals surface area contributed by atoms with E-state index in [0.717, 1.165) is 38.2 Å². The first kappa shape index (κ1) is 18.2. The second-order valence-electron chi connectivity index (χ2n) is 6.91. The first-order chi connectivity index (χ1) is 12.3. The second-order valence-corrected chi connectivity index (χ2v) is 6.91. The van der Waals surface area contributed by atoms with Gasteiger partial charge in [-0.1, -0.05) is 18.2 Å². The Kier molecular flexibility index (Phi) is 6.67. The molecule has 1 amide bonds. The van der Waals surface area contributed by atoms with Gasteiger partial charge in [0.15, 0.2) is 0 Å². The Labute approximate surface area is 149 Å². The fraction of sp³-hybridized carbons (Fsp3) is 0.632. The van der Waals surface area contributed by atoms with Crippen LogP contribution in [-0.4, -0.2) is 73.4 Å². The number of carbonyl (C=O) groups excluding carboxylic acids is 1. The monoisotopic (exact) mass is 347 g/mol. The molecular weight excluding hydrogens is 318 g/mol. The van der Waals surface area contributed by atoms with E-state index in [2.05, 4.69) is 16.3 Å². The zero-order valence-corrected chi connectivity index (χ0v) is 14.8. The number of nitrogens with one attached hydrogen (secondary N) is 1. The number of anilines is 1. The zero-order valence-electron chi connectivity index (χ0n) is 14.8. The van der Waals surface area contributed by atoms with Crippen LogP contribution in [0.5, 0.6) is 0 Å². The number of likely N-dealkylation sites (tertiary alicyclic amines) is 1. The smallest absolute Gasteiger partial charge is 0.242 e. The molecule has 0 spiro atoms. The molecule has 25 heavy (non-hydrogen) atoms. The van der Waals surface area contributed by atoms with Gasteiger partial charge in [0.1, 0.15) is 0 Å². The summed E-state index contributed by atoms with van der Waals surface area (Å²) in [5.41, 5.74) is 2.26. The summed E-state index contributed by atoms with van der Waals surface area (Å²) in [6.45, 7) is 6.17. The lowest BCUT2D eigenvalue weighted by Gasteiger charge is -2.31. The van der Waals surface area contributed by atoms with Gasteiger partial charge in [0.2, 0.25) is 5.91 Å². The number of hydrogen-bond acceptors (Lipinski definition) is 5. The number of amides is 1. The minimum atomic E-state index is 0.127. The molecule has 3 rings (SSSR count). The molecule has 6 heteroatoms. The minimum absolute atomic E-state index is 0.127. The van der Waals surface area contributed by atoms with Gasteiger partial charge in [-0.3, -0.25) is 9.69 Å². The van der Waals surface area contributed by atoms with Crippen LogP contribution in [0.4, 0.5) is 5.69 Å². The number of ether oxygens (including phenoxy) is 1. The average molecular weight is 347 g/mol. The normalized spacial score (nSPS) is 19.8. The summed E-state index contributed by atoms with van der Waals surface area (Å²) in [6, 6.07) is 8.22. The highest BCUT2D eigenvalue weighted by Gasteiger charge is 2.20. The quantitative estimate of drug-likeness (QED) is 0.809. The molecule has 0 saturated carbocycles. The third kappa shape index (κ3) is 5.17. The molecule has 1 aromatic carbocycles. The van der Waals surface area contributed by atoms with Gasteiger partial charge in [-0.2, -0.15) is 0 Å². The van der Waals surface area contributed by atoms with E-state index in [4.69, 9.17) is 4.74 Å². The Morgan fingerprint density at radius 3 is 2.60 bits per heavy atom. The Bertz CT molecular complexity index is 553. The average Bonchev–Trinajstić information content (AvgIpc) is 2.68. The number of piperidine rings is 1. The minimum Gasteiger partial charge on any atom is -0.396 e. The largest absolute Gasteiger partial charge is 0.396 e. The maximum absolute atomic E-state index is 12.3. The van der Waals surface area contributed by atoms with Crippen molar-refractivity contribution in [3.8, 4) is 0 Å². The number of hydrogen-bond donors (Lipinski definition) is 2. The molecule has 138 valence electrons. The van der Waals surface area contributed by atoms with Crippen molar-refractivity contribution in [2.45, 2.75) is 19.4 Å². The molecule has 0 aromatic heterocycles. The van der Waals surface area contributed by atoms with E-state index in [0.29, 0.717) is 45.4 Å². The SMILES string of the molecule is O=C(CNc1ccccc1CN1CCC(CO)CC1)N1CCOCC1. The van der Waals surface area contributed by atoms with Crippen LogP contribution >= 0.6 is 0 Å². The molecule has 0 atom stereocenters. The number of nitrogens with zero attached hydrogens (tertiary/aromatic N) is 2. The molecule has 2 heterocycles. The van der Waals surface area contributed by atoms with Crippen molar-refractivity contribution >= 4 is 11.6 Å². The number of aliphatic hydroxyl groups is 1. The van der Waals surface area contributed by atoms with Crippen molar-refractivity contribution in [1.82, 2.24) is 9.80 Å². The van der Waals surface area contributed by atoms with Crippen LogP contribution in [0.15, 0.2) is 24.3 Å². The third-order valence-electron chi connectivity index (χ3n) is 5.17. The van der Waals surface area contributed by atoms with Crippen LogP contribution < -0.4 is 5.32 Å². The van der Waals surface area contributed by atoms with Crippen LogP contribution in [0.1, 0.15) is 18.4 Å². The number of carbonyl (C=O) groups is 1. The van der Waals surface area contributed by atoms with E-state index < -0.39 is 0 Å². The summed E-state index contributed by atoms with van der Waals surface area (Å²) in [5, 5.41) is 12.6. The van der Waals surface area contributed by atoms with Gasteiger partial charge >= 0.3 is 0 Å². The summed E-state index contributed by atoms with van der Waals surface area (Å²) in [7, 11) is 0. The Morgan fingerprint density at radius 2 is 1.88 bits per heavy atom. The maximum atomic E-state index is 12.3. The molecule has 6 nitrogen and oxygen atoms in total. The third-order valence-corrected chi connectivity index (χ3v) is 5.17. The van der Waals surface area contributed by atoms with Crippen LogP contribution in [-0.2, 0) is 16.1 Å². The Balaban J connectivity index is 1.53. The number of aliphatic hydroxyl groups excluding tert-OH is 1. The lowest BCUT2D eigenvalue weighted by Crippen LogP contribution is -2.43. The molecule has 2 fully saturated rings. The molecule has 0 bridgehead atoms. The van der Waals surface area contributed by atoms with E-state index in [1.54, 1.807) is 0 Å². The van der Waals surface area contributed by atoms with Crippen molar-refractivity contribution < 1.29 is 14.6 Å². The van der Waals surface area contributed by atoms with Crippen LogP contribution in [0, 0.1) is 5.92 Å². The molecular formula is C19H29N3O3. The van der Waals surface area contributed by atoms with Gasteiger partial charge in [-0.15, -0.1) is 0 Å². The highest BCUT2D eigenvalue weighted by Crippen LogP contribution is 2.22. The van der Waals surface area contributed by atoms with Crippen molar-refractivity contribution in [2.24, 2.45) is 5.92 Å². The van der Waals surface area contributed by atoms with Gasteiger partial charge in [0, 0.05) is 31.9 Å². The van der Waals surface area contributed by atoms with E-state index >= 15 is 0 Å². The standard InChI is InChI=1S/C19H29N3O3/c23-15-16-5-7-21(8-6-16)14-17-3-1-2-4-18(17)20-13-19(24)22-9-11-25-12-10-22/h1-4,16,20,23H,5-15H2. The number of para-hydroxylation sites is 1. The maximum Gasteiger partial charge on any atom is 0.242 e. The van der Waals surface area contributed by atoms with Crippen molar-refractivity contribution in [3.05, 3.63) is 29.8 Å². The summed E-state index contributed by atoms with van der Waals surface area (Å²) < 4.78 is 5.30. The molecule has 2 N–H and O–H groups in total. The molecule has 2 aliphatic rings. The van der Waals surface area contributed by atoms with Gasteiger partial charge in [0.25, 0.3) is 0 Å². The van der Waals surface area contributed by atoms with Crippen molar-refractivity contribution in [3.63, 3.8) is 0 Å². The predicted octanol–water partition coefficient (Wildman–Crippen LogP) is 1.16. The molecule has 0 radical (unpaired) electrons. The fourth-order valence-corrected chi connectivity index (χ4v) is 3.49. The van der Waals surface area contributed by atoms with E-state index in [1.165, 1.54) is 5.56 Å². The summed E-state index contributed by atoms with van der Waals surface area (Å²) in [4.78, 5) is 16.6. The van der Waals surface area contributed by atoms with Gasteiger partial charge in [0.05, 0.1) is 19.8 Å². The summed E-state index contributed by atoms with van der Waals surface area (Å²) >= 11 is 0. The van der Waals surface area contributed by atoms with Crippen LogP contribution in [0.3, 0.4) is 0 Å². The van der Waals surface area contributed by atoms with E-state index in [1.807, 2.05) is 23.1 Å². The van der Waals surface area contributed by atoms with Gasteiger partial charge in [-0.05, 0) is 43.5 Å². The first-order valence-corrected chi connectivity index (χ1v) is 9.27. The summed E-state index contributed by atoms with van der Waals surface area (Å²) in [5.74, 6) is 0.581. The highest BCUT2D eigenvalue weighted by molar-refractivity contribution is 5.81. The molecule has 2 aliphatic heterocycles. The lowest BCUT2D eigenvalue weighted by atomic mass is 9.97. The molecule has 1 aromatic rings. The number of benzene rings is 1. The summed E-state index contributed by atoms with van der Waals surface area (Å²) in [6.07, 6.45) is 2.11. The predicted molar refractivity (Wildman–Crippen MR) is 97.4 cm³/mol. The molecule has 2 saturated heterocycles. The van der Waals surface area contributed by atoms with E-state index in [-0.39, 0.29) is 5.91 Å². The Morgan fingerprint density at radius 1 is 1.16 bits per heavy atom. The van der Waals surface area contributed by atoms with Gasteiger partial charge < -0.3 is 20.1 Å². The lowest BCUT2D eigenvalue weighted by molar-refractivity contribution is -0.133. The number of rotatable bonds is 6. The molecule has 0 aliphatic carbocycles. The number of morpholine rings is 1. The molecule has 0 unspecified atom stereocenters. The fourth-order valence-electron chi connectivity index (χ4n) is 3.49. The van der Waals surface area contributed by atoms with Gasteiger partial charge in [-0.25, -0.2) is 0 Å². The van der Waals surface area contributed by atoms with Crippen LogP contribution in [0.2, 0.25) is 0 Å². The first-order valence-electron chi connectivity index (χ1n) is 9.27. The van der Waals surface area contributed by atoms with Crippen LogP contribution in [0.25, 0.3) is 0 Å². The van der Waals surface area contributed by atoms with E-state index in [9.17, 15) is 9.90 Å². The van der Waals surface area contributed by atoms with Crippen molar-refractivity contribution in [1.29, 1.82) is 0 Å². The second kappa shape index (κ2) is 9.17.